The van der Waals surface area contributed by atoms with Crippen molar-refractivity contribution in [1.82, 2.24) is 10.6 Å². The number of amides is 1. The molecule has 0 aliphatic carbocycles. The molecule has 1 amide bonds. The van der Waals surface area contributed by atoms with Crippen LogP contribution in [0.25, 0.3) is 10.8 Å². The SMILES string of the molecule is O=C(NC1CNC1)c1ccc(F)c2ccccc12. The van der Waals surface area contributed by atoms with Gasteiger partial charge in [0.05, 0.1) is 6.04 Å². The van der Waals surface area contributed by atoms with Crippen molar-refractivity contribution in [3.63, 3.8) is 0 Å². The summed E-state index contributed by atoms with van der Waals surface area (Å²) in [7, 11) is 0. The molecule has 92 valence electrons. The fraction of sp³-hybridized carbons (Fsp3) is 0.214. The van der Waals surface area contributed by atoms with Crippen LogP contribution >= 0.6 is 0 Å². The maximum absolute atomic E-state index is 13.6. The summed E-state index contributed by atoms with van der Waals surface area (Å²) in [5.41, 5.74) is 0.527. The summed E-state index contributed by atoms with van der Waals surface area (Å²) in [6.45, 7) is 1.59. The van der Waals surface area contributed by atoms with Gasteiger partial charge in [0.1, 0.15) is 5.82 Å². The molecule has 1 heterocycles. The van der Waals surface area contributed by atoms with Crippen molar-refractivity contribution in [2.24, 2.45) is 0 Å². The van der Waals surface area contributed by atoms with E-state index in [2.05, 4.69) is 10.6 Å². The van der Waals surface area contributed by atoms with Crippen molar-refractivity contribution in [2.75, 3.05) is 13.1 Å². The minimum Gasteiger partial charge on any atom is -0.347 e. The number of carbonyl (C=O) groups is 1. The Balaban J connectivity index is 2.00. The van der Waals surface area contributed by atoms with Gasteiger partial charge in [-0.2, -0.15) is 0 Å². The van der Waals surface area contributed by atoms with Crippen LogP contribution in [0.3, 0.4) is 0 Å². The van der Waals surface area contributed by atoms with Gasteiger partial charge in [0.2, 0.25) is 0 Å². The van der Waals surface area contributed by atoms with Crippen molar-refractivity contribution >= 4 is 16.7 Å². The van der Waals surface area contributed by atoms with Crippen molar-refractivity contribution in [1.29, 1.82) is 0 Å². The number of nitrogens with one attached hydrogen (secondary N) is 2. The Morgan fingerprint density at radius 3 is 2.56 bits per heavy atom. The standard InChI is InChI=1S/C14H13FN2O/c15-13-6-5-12(10-3-1-2-4-11(10)13)14(18)17-9-7-16-8-9/h1-6,9,16H,7-8H2,(H,17,18). The summed E-state index contributed by atoms with van der Waals surface area (Å²) in [6.07, 6.45) is 0. The third-order valence-electron chi connectivity index (χ3n) is 3.23. The van der Waals surface area contributed by atoms with Gasteiger partial charge in [-0.05, 0) is 17.5 Å². The highest BCUT2D eigenvalue weighted by Crippen LogP contribution is 2.21. The summed E-state index contributed by atoms with van der Waals surface area (Å²) in [5.74, 6) is -0.440. The minimum absolute atomic E-state index is 0.141. The average Bonchev–Trinajstić information content (AvgIpc) is 2.34. The van der Waals surface area contributed by atoms with E-state index in [4.69, 9.17) is 0 Å². The molecule has 0 spiro atoms. The molecule has 1 fully saturated rings. The van der Waals surface area contributed by atoms with Crippen LogP contribution in [0.4, 0.5) is 4.39 Å². The Morgan fingerprint density at radius 1 is 1.17 bits per heavy atom. The van der Waals surface area contributed by atoms with Crippen LogP contribution in [0.1, 0.15) is 10.4 Å². The second-order valence-corrected chi connectivity index (χ2v) is 4.47. The second-order valence-electron chi connectivity index (χ2n) is 4.47. The normalized spacial score (nSPS) is 15.4. The first-order valence-corrected chi connectivity index (χ1v) is 5.94. The first-order chi connectivity index (χ1) is 8.75. The third-order valence-corrected chi connectivity index (χ3v) is 3.23. The molecular formula is C14H13FN2O. The predicted molar refractivity (Wildman–Crippen MR) is 68.0 cm³/mol. The Morgan fingerprint density at radius 2 is 1.89 bits per heavy atom. The van der Waals surface area contributed by atoms with Gasteiger partial charge in [-0.3, -0.25) is 4.79 Å². The molecule has 0 radical (unpaired) electrons. The van der Waals surface area contributed by atoms with E-state index in [1.165, 1.54) is 6.07 Å². The lowest BCUT2D eigenvalue weighted by Crippen LogP contribution is -2.56. The monoisotopic (exact) mass is 244 g/mol. The van der Waals surface area contributed by atoms with Gasteiger partial charge in [0, 0.05) is 24.0 Å². The molecule has 3 nitrogen and oxygen atoms in total. The zero-order valence-corrected chi connectivity index (χ0v) is 9.74. The number of benzene rings is 2. The smallest absolute Gasteiger partial charge is 0.252 e. The van der Waals surface area contributed by atoms with Gasteiger partial charge in [0.15, 0.2) is 0 Å². The summed E-state index contributed by atoms with van der Waals surface area (Å²) in [5, 5.41) is 7.15. The van der Waals surface area contributed by atoms with Gasteiger partial charge in [-0.1, -0.05) is 24.3 Å². The zero-order valence-electron chi connectivity index (χ0n) is 9.74. The van der Waals surface area contributed by atoms with Crippen molar-refractivity contribution in [2.45, 2.75) is 6.04 Å². The van der Waals surface area contributed by atoms with Crippen LogP contribution in [0.2, 0.25) is 0 Å². The lowest BCUT2D eigenvalue weighted by Gasteiger charge is -2.28. The average molecular weight is 244 g/mol. The van der Waals surface area contributed by atoms with Crippen molar-refractivity contribution in [3.05, 3.63) is 47.8 Å². The molecular weight excluding hydrogens is 231 g/mol. The maximum Gasteiger partial charge on any atom is 0.252 e. The fourth-order valence-corrected chi connectivity index (χ4v) is 2.11. The quantitative estimate of drug-likeness (QED) is 0.844. The Labute approximate surface area is 104 Å². The van der Waals surface area contributed by atoms with Crippen LogP contribution in [-0.4, -0.2) is 25.0 Å². The van der Waals surface area contributed by atoms with Gasteiger partial charge in [0.25, 0.3) is 5.91 Å². The van der Waals surface area contributed by atoms with E-state index in [0.29, 0.717) is 16.3 Å². The molecule has 0 unspecified atom stereocenters. The van der Waals surface area contributed by atoms with Crippen LogP contribution in [0.15, 0.2) is 36.4 Å². The van der Waals surface area contributed by atoms with Crippen LogP contribution in [0.5, 0.6) is 0 Å². The molecule has 0 aromatic heterocycles. The zero-order chi connectivity index (χ0) is 12.5. The van der Waals surface area contributed by atoms with E-state index in [9.17, 15) is 9.18 Å². The number of hydrogen-bond donors (Lipinski definition) is 2. The molecule has 2 aromatic carbocycles. The van der Waals surface area contributed by atoms with E-state index >= 15 is 0 Å². The largest absolute Gasteiger partial charge is 0.347 e. The van der Waals surface area contributed by atoms with E-state index in [1.807, 2.05) is 6.07 Å². The molecule has 0 saturated carbocycles. The number of hydrogen-bond acceptors (Lipinski definition) is 2. The third kappa shape index (κ3) is 1.84. The van der Waals surface area contributed by atoms with Crippen molar-refractivity contribution < 1.29 is 9.18 Å². The summed E-state index contributed by atoms with van der Waals surface area (Å²) < 4.78 is 13.6. The summed E-state index contributed by atoms with van der Waals surface area (Å²) in [4.78, 5) is 12.1. The molecule has 18 heavy (non-hydrogen) atoms. The topological polar surface area (TPSA) is 41.1 Å². The minimum atomic E-state index is -0.299. The molecule has 4 heteroatoms. The highest BCUT2D eigenvalue weighted by molar-refractivity contribution is 6.07. The maximum atomic E-state index is 13.6. The molecule has 1 aliphatic rings. The molecule has 0 bridgehead atoms. The first-order valence-electron chi connectivity index (χ1n) is 5.94. The van der Waals surface area contributed by atoms with Crippen LogP contribution in [0, 0.1) is 5.82 Å². The number of carbonyl (C=O) groups excluding carboxylic acids is 1. The van der Waals surface area contributed by atoms with E-state index in [1.54, 1.807) is 24.3 Å². The molecule has 0 atom stereocenters. The first kappa shape index (κ1) is 11.2. The Hall–Kier alpha value is -1.94. The van der Waals surface area contributed by atoms with Gasteiger partial charge in [-0.25, -0.2) is 4.39 Å². The Kier molecular flexibility index (Phi) is 2.72. The molecule has 2 aromatic rings. The molecule has 3 rings (SSSR count). The van der Waals surface area contributed by atoms with E-state index in [0.717, 1.165) is 13.1 Å². The van der Waals surface area contributed by atoms with Crippen LogP contribution in [-0.2, 0) is 0 Å². The number of rotatable bonds is 2. The molecule has 1 aliphatic heterocycles. The lowest BCUT2D eigenvalue weighted by molar-refractivity contribution is 0.0925. The molecule has 1 saturated heterocycles. The van der Waals surface area contributed by atoms with E-state index < -0.39 is 0 Å². The van der Waals surface area contributed by atoms with Gasteiger partial charge < -0.3 is 10.6 Å². The second kappa shape index (κ2) is 4.38. The van der Waals surface area contributed by atoms with Crippen LogP contribution < -0.4 is 10.6 Å². The van der Waals surface area contributed by atoms with Gasteiger partial charge in [-0.15, -0.1) is 0 Å². The fourth-order valence-electron chi connectivity index (χ4n) is 2.11. The highest BCUT2D eigenvalue weighted by atomic mass is 19.1. The summed E-state index contributed by atoms with van der Waals surface area (Å²) >= 11 is 0. The predicted octanol–water partition coefficient (Wildman–Crippen LogP) is 1.68. The van der Waals surface area contributed by atoms with E-state index in [-0.39, 0.29) is 17.8 Å². The number of fused-ring (bicyclic) bond motifs is 1. The molecule has 2 N–H and O–H groups in total. The van der Waals surface area contributed by atoms with Crippen molar-refractivity contribution in [3.8, 4) is 0 Å². The lowest BCUT2D eigenvalue weighted by atomic mass is 10.0. The highest BCUT2D eigenvalue weighted by Gasteiger charge is 2.20. The van der Waals surface area contributed by atoms with Gasteiger partial charge >= 0.3 is 0 Å². The summed E-state index contributed by atoms with van der Waals surface area (Å²) in [6, 6.07) is 10.1. The Bertz CT molecular complexity index is 608. The number of halogens is 1.